The Kier molecular flexibility index (Phi) is 3.13. The van der Waals surface area contributed by atoms with Crippen molar-refractivity contribution in [3.63, 3.8) is 0 Å². The first kappa shape index (κ1) is 13.9. The van der Waals surface area contributed by atoms with Gasteiger partial charge in [-0.15, -0.1) is 11.6 Å². The molecule has 4 rings (SSSR count). The highest BCUT2D eigenvalue weighted by atomic mass is 35.5. The Labute approximate surface area is 139 Å². The monoisotopic (exact) mass is 322 g/mol. The molecule has 0 aromatic heterocycles. The van der Waals surface area contributed by atoms with Crippen molar-refractivity contribution >= 4 is 40.1 Å². The molecule has 0 spiro atoms. The van der Waals surface area contributed by atoms with Gasteiger partial charge in [-0.25, -0.2) is 4.99 Å². The van der Waals surface area contributed by atoms with E-state index >= 15 is 0 Å². The molecule has 0 saturated heterocycles. The number of anilines is 3. The summed E-state index contributed by atoms with van der Waals surface area (Å²) in [6.45, 7) is 0. The molecule has 1 unspecified atom stereocenters. The average Bonchev–Trinajstić information content (AvgIpc) is 2.54. The quantitative estimate of drug-likeness (QED) is 0.619. The van der Waals surface area contributed by atoms with Crippen LogP contribution < -0.4 is 16.4 Å². The number of aliphatic imine (C=N–C) groups is 1. The van der Waals surface area contributed by atoms with Crippen molar-refractivity contribution in [2.75, 3.05) is 10.6 Å². The number of nitrogen functional groups attached to an aromatic ring is 1. The topological polar surface area (TPSA) is 67.6 Å². The Balaban J connectivity index is 2.00. The number of fused-ring (bicyclic) bond motifs is 2. The van der Waals surface area contributed by atoms with Gasteiger partial charge >= 0.3 is 0 Å². The molecule has 5 heteroatoms. The van der Waals surface area contributed by atoms with Crippen LogP contribution in [0.25, 0.3) is 0 Å². The Bertz CT molecular complexity index is 868. The first-order valence-electron chi connectivity index (χ1n) is 7.30. The van der Waals surface area contributed by atoms with Gasteiger partial charge in [-0.3, -0.25) is 0 Å². The summed E-state index contributed by atoms with van der Waals surface area (Å²) in [5.41, 5.74) is 17.8. The number of benzene rings is 2. The van der Waals surface area contributed by atoms with Crippen molar-refractivity contribution in [2.45, 2.75) is 5.38 Å². The van der Waals surface area contributed by atoms with Crippen LogP contribution >= 0.6 is 11.6 Å². The third-order valence-electron chi connectivity index (χ3n) is 3.90. The average molecular weight is 323 g/mol. The van der Waals surface area contributed by atoms with E-state index in [0.29, 0.717) is 11.4 Å². The summed E-state index contributed by atoms with van der Waals surface area (Å²) in [7, 11) is 0. The second kappa shape index (κ2) is 5.18. The van der Waals surface area contributed by atoms with E-state index < -0.39 is 0 Å². The van der Waals surface area contributed by atoms with Crippen molar-refractivity contribution in [1.82, 2.24) is 0 Å². The van der Waals surface area contributed by atoms with E-state index in [1.54, 1.807) is 6.08 Å². The molecule has 23 heavy (non-hydrogen) atoms. The SMILES string of the molecule is NC1=CC(Cl)C2=Nc3ccc(N)cc3N(c3ccccc3)C2=C1. The number of nitrogens with two attached hydrogens (primary N) is 2. The number of nitrogens with zero attached hydrogens (tertiary/aromatic N) is 2. The van der Waals surface area contributed by atoms with Crippen LogP contribution in [-0.4, -0.2) is 11.1 Å². The number of para-hydroxylation sites is 1. The zero-order chi connectivity index (χ0) is 16.0. The molecule has 1 aliphatic carbocycles. The van der Waals surface area contributed by atoms with E-state index in [-0.39, 0.29) is 5.38 Å². The zero-order valence-corrected chi connectivity index (χ0v) is 13.0. The molecule has 0 radical (unpaired) electrons. The van der Waals surface area contributed by atoms with Crippen LogP contribution in [0.15, 0.2) is 77.1 Å². The fraction of sp³-hybridized carbons (Fsp3) is 0.0556. The van der Waals surface area contributed by atoms with Crippen LogP contribution in [0.1, 0.15) is 0 Å². The zero-order valence-electron chi connectivity index (χ0n) is 12.3. The van der Waals surface area contributed by atoms with Crippen molar-refractivity contribution in [3.8, 4) is 0 Å². The van der Waals surface area contributed by atoms with E-state index in [4.69, 9.17) is 28.1 Å². The summed E-state index contributed by atoms with van der Waals surface area (Å²) < 4.78 is 0. The molecule has 4 N–H and O–H groups in total. The fourth-order valence-electron chi connectivity index (χ4n) is 2.90. The fourth-order valence-corrected chi connectivity index (χ4v) is 3.20. The van der Waals surface area contributed by atoms with Gasteiger partial charge in [-0.05, 0) is 42.5 Å². The molecular weight excluding hydrogens is 308 g/mol. The second-order valence-electron chi connectivity index (χ2n) is 5.51. The molecule has 2 aromatic carbocycles. The van der Waals surface area contributed by atoms with Gasteiger partial charge in [0.25, 0.3) is 0 Å². The molecule has 1 atom stereocenters. The minimum Gasteiger partial charge on any atom is -0.399 e. The Morgan fingerprint density at radius 1 is 1.04 bits per heavy atom. The largest absolute Gasteiger partial charge is 0.399 e. The first-order valence-corrected chi connectivity index (χ1v) is 7.74. The molecule has 0 saturated carbocycles. The van der Waals surface area contributed by atoms with Gasteiger partial charge in [-0.1, -0.05) is 18.2 Å². The maximum atomic E-state index is 6.46. The van der Waals surface area contributed by atoms with E-state index in [1.807, 2.05) is 54.6 Å². The van der Waals surface area contributed by atoms with Gasteiger partial charge < -0.3 is 16.4 Å². The summed E-state index contributed by atoms with van der Waals surface area (Å²) in [4.78, 5) is 6.82. The van der Waals surface area contributed by atoms with Crippen LogP contribution in [0.5, 0.6) is 0 Å². The van der Waals surface area contributed by atoms with E-state index in [0.717, 1.165) is 28.5 Å². The van der Waals surface area contributed by atoms with Gasteiger partial charge in [0.15, 0.2) is 0 Å². The first-order chi connectivity index (χ1) is 11.1. The Morgan fingerprint density at radius 2 is 1.83 bits per heavy atom. The molecule has 1 aliphatic heterocycles. The molecule has 114 valence electrons. The van der Waals surface area contributed by atoms with Crippen molar-refractivity contribution in [2.24, 2.45) is 10.7 Å². The molecule has 4 nitrogen and oxygen atoms in total. The predicted octanol–water partition coefficient (Wildman–Crippen LogP) is 3.84. The number of alkyl halides is 1. The molecule has 2 aromatic rings. The summed E-state index contributed by atoms with van der Waals surface area (Å²) in [6, 6.07) is 15.7. The number of hydrogen-bond acceptors (Lipinski definition) is 4. The number of allylic oxidation sites excluding steroid dienone is 3. The standard InChI is InChI=1S/C18H15ClN4/c19-14-8-12(21)10-17-18(14)22-15-7-6-11(20)9-16(15)23(17)13-4-2-1-3-5-13/h1-10,14H,20-21H2. The molecule has 1 heterocycles. The van der Waals surface area contributed by atoms with E-state index in [2.05, 4.69) is 4.90 Å². The maximum Gasteiger partial charge on any atom is 0.0981 e. The van der Waals surface area contributed by atoms with Crippen molar-refractivity contribution in [1.29, 1.82) is 0 Å². The highest BCUT2D eigenvalue weighted by Gasteiger charge is 2.31. The normalized spacial score (nSPS) is 19.3. The minimum absolute atomic E-state index is 0.355. The van der Waals surface area contributed by atoms with Gasteiger partial charge in [0.2, 0.25) is 0 Å². The summed E-state index contributed by atoms with van der Waals surface area (Å²) in [5, 5.41) is -0.355. The smallest absolute Gasteiger partial charge is 0.0981 e. The lowest BCUT2D eigenvalue weighted by Gasteiger charge is -2.35. The highest BCUT2D eigenvalue weighted by Crippen LogP contribution is 2.44. The highest BCUT2D eigenvalue weighted by molar-refractivity contribution is 6.38. The summed E-state index contributed by atoms with van der Waals surface area (Å²) >= 11 is 6.46. The third kappa shape index (κ3) is 2.28. The maximum absolute atomic E-state index is 6.46. The minimum atomic E-state index is -0.355. The number of halogens is 1. The van der Waals surface area contributed by atoms with Crippen LogP contribution in [0.2, 0.25) is 0 Å². The van der Waals surface area contributed by atoms with Crippen molar-refractivity contribution < 1.29 is 0 Å². The van der Waals surface area contributed by atoms with Crippen LogP contribution in [-0.2, 0) is 0 Å². The van der Waals surface area contributed by atoms with E-state index in [9.17, 15) is 0 Å². The summed E-state index contributed by atoms with van der Waals surface area (Å²) in [5.74, 6) is 0. The molecular formula is C18H15ClN4. The second-order valence-corrected chi connectivity index (χ2v) is 5.98. The van der Waals surface area contributed by atoms with Crippen molar-refractivity contribution in [3.05, 3.63) is 72.1 Å². The lowest BCUT2D eigenvalue weighted by Crippen LogP contribution is -2.33. The molecule has 0 fully saturated rings. The van der Waals surface area contributed by atoms with E-state index in [1.165, 1.54) is 0 Å². The Hall–Kier alpha value is -2.72. The molecule has 0 bridgehead atoms. The molecule has 2 aliphatic rings. The van der Waals surface area contributed by atoms with Gasteiger partial charge in [-0.2, -0.15) is 0 Å². The van der Waals surface area contributed by atoms with Crippen LogP contribution in [0, 0.1) is 0 Å². The lowest BCUT2D eigenvalue weighted by atomic mass is 10.00. The predicted molar refractivity (Wildman–Crippen MR) is 96.5 cm³/mol. The van der Waals surface area contributed by atoms with Gasteiger partial charge in [0.1, 0.15) is 0 Å². The van der Waals surface area contributed by atoms with Gasteiger partial charge in [0.05, 0.1) is 28.2 Å². The molecule has 0 amide bonds. The Morgan fingerprint density at radius 3 is 2.61 bits per heavy atom. The number of rotatable bonds is 1. The summed E-state index contributed by atoms with van der Waals surface area (Å²) in [6.07, 6.45) is 3.70. The van der Waals surface area contributed by atoms with Gasteiger partial charge in [0, 0.05) is 17.1 Å². The number of hydrogen-bond donors (Lipinski definition) is 2. The van der Waals surface area contributed by atoms with Crippen LogP contribution in [0.4, 0.5) is 22.7 Å². The third-order valence-corrected chi connectivity index (χ3v) is 4.24. The van der Waals surface area contributed by atoms with Crippen LogP contribution in [0.3, 0.4) is 0 Å². The lowest BCUT2D eigenvalue weighted by molar-refractivity contribution is 1.13.